The van der Waals surface area contributed by atoms with Gasteiger partial charge in [0.05, 0.1) is 11.2 Å². The Morgan fingerprint density at radius 2 is 1.88 bits per heavy atom. The van der Waals surface area contributed by atoms with Crippen molar-refractivity contribution in [1.29, 1.82) is 0 Å². The van der Waals surface area contributed by atoms with Crippen LogP contribution < -0.4 is 10.6 Å². The molecule has 3 heterocycles. The van der Waals surface area contributed by atoms with E-state index in [-0.39, 0.29) is 25.3 Å². The van der Waals surface area contributed by atoms with Crippen LogP contribution in [0.25, 0.3) is 22.2 Å². The average Bonchev–Trinajstić information content (AvgIpc) is 2.82. The number of pyridine rings is 1. The van der Waals surface area contributed by atoms with E-state index in [1.165, 1.54) is 24.9 Å². The number of carbonyl (C=O) groups excluding carboxylic acids is 1. The Kier molecular flexibility index (Phi) is 7.26. The van der Waals surface area contributed by atoms with Crippen LogP contribution >= 0.6 is 13.5 Å². The van der Waals surface area contributed by atoms with E-state index in [1.807, 2.05) is 18.2 Å². The van der Waals surface area contributed by atoms with E-state index in [1.54, 1.807) is 19.2 Å². The van der Waals surface area contributed by atoms with Crippen LogP contribution in [0.4, 0.5) is 10.2 Å². The highest BCUT2D eigenvalue weighted by atomic mass is 32.1. The zero-order valence-electron chi connectivity index (χ0n) is 17.5. The highest BCUT2D eigenvalue weighted by Crippen LogP contribution is 2.26. The van der Waals surface area contributed by atoms with Crippen molar-refractivity contribution in [3.63, 3.8) is 0 Å². The molecule has 4 rings (SSSR count). The van der Waals surface area contributed by atoms with Gasteiger partial charge in [-0.1, -0.05) is 25.1 Å². The minimum absolute atomic E-state index is 0. The third kappa shape index (κ3) is 4.80. The molecule has 10 heteroatoms. The van der Waals surface area contributed by atoms with E-state index in [9.17, 15) is 9.18 Å². The van der Waals surface area contributed by atoms with E-state index >= 15 is 0 Å². The molecule has 0 unspecified atom stereocenters. The first-order chi connectivity index (χ1) is 15.1. The Morgan fingerprint density at radius 1 is 1.06 bits per heavy atom. The molecular weight excluding hydrogens is 429 g/mol. The molecule has 3 aromatic heterocycles. The molecule has 4 aromatic rings. The quantitative estimate of drug-likeness (QED) is 0.433. The van der Waals surface area contributed by atoms with Gasteiger partial charge in [-0.05, 0) is 17.7 Å². The summed E-state index contributed by atoms with van der Waals surface area (Å²) >= 11 is 0. The Bertz CT molecular complexity index is 1240. The van der Waals surface area contributed by atoms with E-state index in [0.29, 0.717) is 34.7 Å². The van der Waals surface area contributed by atoms with Crippen molar-refractivity contribution in [3.8, 4) is 11.3 Å². The molecule has 0 aliphatic heterocycles. The van der Waals surface area contributed by atoms with E-state index < -0.39 is 5.95 Å². The first-order valence-corrected chi connectivity index (χ1v) is 9.70. The number of halogens is 1. The van der Waals surface area contributed by atoms with Crippen LogP contribution in [-0.2, 0) is 0 Å². The van der Waals surface area contributed by atoms with Gasteiger partial charge in [0.15, 0.2) is 0 Å². The van der Waals surface area contributed by atoms with Crippen molar-refractivity contribution in [3.05, 3.63) is 72.5 Å². The van der Waals surface area contributed by atoms with Crippen molar-refractivity contribution in [2.45, 2.75) is 12.8 Å². The number of benzene rings is 1. The maximum absolute atomic E-state index is 13.1. The van der Waals surface area contributed by atoms with Crippen LogP contribution in [0.5, 0.6) is 0 Å². The van der Waals surface area contributed by atoms with Gasteiger partial charge in [0.2, 0.25) is 5.95 Å². The van der Waals surface area contributed by atoms with Gasteiger partial charge in [-0.15, -0.1) is 0 Å². The van der Waals surface area contributed by atoms with Gasteiger partial charge in [-0.2, -0.15) is 17.9 Å². The van der Waals surface area contributed by atoms with Crippen LogP contribution in [0.3, 0.4) is 0 Å². The number of hydrogen-bond acceptors (Lipinski definition) is 7. The lowest BCUT2D eigenvalue weighted by molar-refractivity contribution is 0.0960. The number of anilines is 1. The summed E-state index contributed by atoms with van der Waals surface area (Å²) in [5.74, 6) is -0.0771. The molecule has 0 bridgehead atoms. The number of rotatable bonds is 6. The Hall–Kier alpha value is -3.66. The number of fused-ring (bicyclic) bond motifs is 1. The number of nitrogens with one attached hydrogen (secondary N) is 2. The van der Waals surface area contributed by atoms with Crippen LogP contribution in [0.15, 0.2) is 55.2 Å². The predicted molar refractivity (Wildman–Crippen MR) is 125 cm³/mol. The monoisotopic (exact) mass is 451 g/mol. The van der Waals surface area contributed by atoms with Gasteiger partial charge in [0, 0.05) is 42.7 Å². The molecule has 1 aromatic carbocycles. The number of aromatic nitrogens is 5. The summed E-state index contributed by atoms with van der Waals surface area (Å²) in [4.78, 5) is 32.8. The molecule has 1 amide bonds. The maximum atomic E-state index is 13.1. The minimum Gasteiger partial charge on any atom is -0.369 e. The average molecular weight is 452 g/mol. The molecule has 0 aliphatic carbocycles. The summed E-state index contributed by atoms with van der Waals surface area (Å²) in [6.45, 7) is 2.64. The fraction of sp³-hybridized carbons (Fsp3) is 0.182. The van der Waals surface area contributed by atoms with Crippen molar-refractivity contribution >= 4 is 36.1 Å². The van der Waals surface area contributed by atoms with E-state index in [4.69, 9.17) is 0 Å². The Balaban J connectivity index is 0.00000289. The van der Waals surface area contributed by atoms with Crippen LogP contribution in [0, 0.1) is 5.95 Å². The largest absolute Gasteiger partial charge is 0.369 e. The molecule has 0 spiro atoms. The molecule has 1 atom stereocenters. The number of para-hydroxylation sites is 1. The van der Waals surface area contributed by atoms with Crippen molar-refractivity contribution in [2.75, 3.05) is 18.9 Å². The van der Waals surface area contributed by atoms with Crippen molar-refractivity contribution in [2.24, 2.45) is 0 Å². The fourth-order valence-corrected chi connectivity index (χ4v) is 3.31. The smallest absolute Gasteiger partial charge is 0.270 e. The summed E-state index contributed by atoms with van der Waals surface area (Å²) in [5, 5.41) is 6.63. The summed E-state index contributed by atoms with van der Waals surface area (Å²) < 4.78 is 13.1. The van der Waals surface area contributed by atoms with Gasteiger partial charge < -0.3 is 10.6 Å². The summed E-state index contributed by atoms with van der Waals surface area (Å²) in [6.07, 6.45) is 4.29. The molecule has 2 N–H and O–H groups in total. The van der Waals surface area contributed by atoms with Crippen LogP contribution in [-0.4, -0.2) is 44.4 Å². The highest BCUT2D eigenvalue weighted by molar-refractivity contribution is 7.59. The van der Waals surface area contributed by atoms with Gasteiger partial charge >= 0.3 is 0 Å². The molecule has 0 radical (unpaired) electrons. The second-order valence-electron chi connectivity index (χ2n) is 6.98. The molecule has 8 nitrogen and oxygen atoms in total. The third-order valence-electron chi connectivity index (χ3n) is 4.95. The van der Waals surface area contributed by atoms with Crippen molar-refractivity contribution in [1.82, 2.24) is 30.2 Å². The van der Waals surface area contributed by atoms with Gasteiger partial charge in [0.25, 0.3) is 5.91 Å². The van der Waals surface area contributed by atoms with E-state index in [0.717, 1.165) is 11.1 Å². The SMILES string of the molecule is CNC(=O)c1ncnc2c([C@H](C)CNc3cc(-c4ccc(F)nc4)ncn3)cccc12.S. The van der Waals surface area contributed by atoms with Crippen LogP contribution in [0.2, 0.25) is 0 Å². The Labute approximate surface area is 191 Å². The highest BCUT2D eigenvalue weighted by Gasteiger charge is 2.16. The topological polar surface area (TPSA) is 106 Å². The third-order valence-corrected chi connectivity index (χ3v) is 4.95. The predicted octanol–water partition coefficient (Wildman–Crippen LogP) is 3.31. The second-order valence-corrected chi connectivity index (χ2v) is 6.98. The summed E-state index contributed by atoms with van der Waals surface area (Å²) in [6, 6.07) is 10.4. The van der Waals surface area contributed by atoms with Gasteiger partial charge in [-0.3, -0.25) is 4.79 Å². The molecule has 164 valence electrons. The van der Waals surface area contributed by atoms with Crippen LogP contribution in [0.1, 0.15) is 28.9 Å². The molecule has 32 heavy (non-hydrogen) atoms. The first kappa shape index (κ1) is 23.0. The lowest BCUT2D eigenvalue weighted by Gasteiger charge is -2.16. The fourth-order valence-electron chi connectivity index (χ4n) is 3.31. The molecule has 0 aliphatic rings. The number of carbonyl (C=O) groups is 1. The molecule has 0 fully saturated rings. The number of amides is 1. The zero-order valence-corrected chi connectivity index (χ0v) is 18.5. The van der Waals surface area contributed by atoms with Crippen molar-refractivity contribution < 1.29 is 9.18 Å². The molecular formula is C22H22FN7OS. The lowest BCUT2D eigenvalue weighted by Crippen LogP contribution is -2.20. The normalized spacial score (nSPS) is 11.5. The van der Waals surface area contributed by atoms with Gasteiger partial charge in [0.1, 0.15) is 24.2 Å². The summed E-state index contributed by atoms with van der Waals surface area (Å²) in [7, 11) is 1.57. The lowest BCUT2D eigenvalue weighted by atomic mass is 9.97. The van der Waals surface area contributed by atoms with Gasteiger partial charge in [-0.25, -0.2) is 24.9 Å². The van der Waals surface area contributed by atoms with E-state index in [2.05, 4.69) is 42.5 Å². The number of hydrogen-bond donors (Lipinski definition) is 2. The second kappa shape index (κ2) is 10.1. The molecule has 0 saturated carbocycles. The standard InChI is InChI=1S/C22H20FN7O.H2S/c1-13(15-4-3-5-16-20(15)29-12-30-21(16)22(31)24-2)9-26-19-8-17(27-11-28-19)14-6-7-18(23)25-10-14;/h3-8,10-13H,9H2,1-2H3,(H,24,31)(H,26,27,28);1H2/t13-;/m1./s1. The summed E-state index contributed by atoms with van der Waals surface area (Å²) in [5.41, 5.74) is 3.43. The zero-order chi connectivity index (χ0) is 21.8. The first-order valence-electron chi connectivity index (χ1n) is 9.70. The maximum Gasteiger partial charge on any atom is 0.270 e. The number of nitrogens with zero attached hydrogens (tertiary/aromatic N) is 5. The minimum atomic E-state index is -0.538. The Morgan fingerprint density at radius 3 is 2.62 bits per heavy atom. The molecule has 0 saturated heterocycles.